The number of aryl methyl sites for hydroxylation is 1. The number of benzene rings is 2. The van der Waals surface area contributed by atoms with Crippen molar-refractivity contribution in [1.82, 2.24) is 19.7 Å². The first-order valence-electron chi connectivity index (χ1n) is 10.0. The van der Waals surface area contributed by atoms with Gasteiger partial charge in [0.1, 0.15) is 5.76 Å². The van der Waals surface area contributed by atoms with E-state index in [1.807, 2.05) is 90.2 Å². The van der Waals surface area contributed by atoms with E-state index in [0.29, 0.717) is 18.2 Å². The molecular formula is C24H24N4O2S. The monoisotopic (exact) mass is 432 g/mol. The van der Waals surface area contributed by atoms with E-state index in [0.717, 1.165) is 28.3 Å². The molecule has 0 saturated heterocycles. The highest BCUT2D eigenvalue weighted by Crippen LogP contribution is 2.26. The molecule has 0 bridgehead atoms. The Kier molecular flexibility index (Phi) is 6.52. The minimum Gasteiger partial charge on any atom is -0.469 e. The van der Waals surface area contributed by atoms with Crippen molar-refractivity contribution in [3.05, 3.63) is 89.9 Å². The van der Waals surface area contributed by atoms with Crippen molar-refractivity contribution in [2.24, 2.45) is 7.05 Å². The second-order valence-corrected chi connectivity index (χ2v) is 8.21. The van der Waals surface area contributed by atoms with E-state index < -0.39 is 0 Å². The van der Waals surface area contributed by atoms with Gasteiger partial charge in [-0.1, -0.05) is 72.4 Å². The van der Waals surface area contributed by atoms with Crippen LogP contribution >= 0.6 is 11.8 Å². The van der Waals surface area contributed by atoms with Crippen LogP contribution in [0.25, 0.3) is 11.4 Å². The molecule has 0 N–H and O–H groups in total. The average molecular weight is 433 g/mol. The van der Waals surface area contributed by atoms with Gasteiger partial charge in [-0.2, -0.15) is 0 Å². The third-order valence-electron chi connectivity index (χ3n) is 5.04. The Morgan fingerprint density at radius 2 is 1.58 bits per heavy atom. The summed E-state index contributed by atoms with van der Waals surface area (Å²) >= 11 is 1.40. The molecule has 0 unspecified atom stereocenters. The Bertz CT molecular complexity index is 1100. The van der Waals surface area contributed by atoms with Crippen molar-refractivity contribution in [2.45, 2.75) is 25.2 Å². The predicted octanol–water partition coefficient (Wildman–Crippen LogP) is 4.70. The summed E-state index contributed by atoms with van der Waals surface area (Å²) in [5.74, 6) is 1.86. The lowest BCUT2D eigenvalue weighted by Crippen LogP contribution is -2.31. The number of carbonyl (C=O) groups is 1. The lowest BCUT2D eigenvalue weighted by atomic mass is 10.1. The third kappa shape index (κ3) is 5.06. The molecular weight excluding hydrogens is 408 g/mol. The lowest BCUT2D eigenvalue weighted by molar-refractivity contribution is -0.129. The SMILES string of the molecule is Cc1occc1-c1nnc(SCC(=O)N(Cc2ccccc2)Cc2ccccc2)n1C. The molecule has 2 heterocycles. The van der Waals surface area contributed by atoms with Crippen molar-refractivity contribution in [3.8, 4) is 11.4 Å². The molecule has 4 aromatic rings. The van der Waals surface area contributed by atoms with Gasteiger partial charge in [0.2, 0.25) is 5.91 Å². The molecule has 0 aliphatic rings. The molecule has 6 nitrogen and oxygen atoms in total. The summed E-state index contributed by atoms with van der Waals surface area (Å²) in [7, 11) is 1.90. The van der Waals surface area contributed by atoms with Gasteiger partial charge >= 0.3 is 0 Å². The van der Waals surface area contributed by atoms with Crippen LogP contribution in [0.2, 0.25) is 0 Å². The summed E-state index contributed by atoms with van der Waals surface area (Å²) in [6.45, 7) is 3.02. The molecule has 0 saturated carbocycles. The number of rotatable bonds is 8. The highest BCUT2D eigenvalue weighted by atomic mass is 32.2. The molecule has 0 aliphatic heterocycles. The Hall–Kier alpha value is -3.32. The Morgan fingerprint density at radius 1 is 0.968 bits per heavy atom. The Morgan fingerprint density at radius 3 is 2.13 bits per heavy atom. The van der Waals surface area contributed by atoms with Gasteiger partial charge in [0.05, 0.1) is 17.6 Å². The Labute approximate surface area is 185 Å². The van der Waals surface area contributed by atoms with Crippen LogP contribution in [0, 0.1) is 6.92 Å². The first-order valence-corrected chi connectivity index (χ1v) is 11.0. The fraction of sp³-hybridized carbons (Fsp3) is 0.208. The van der Waals surface area contributed by atoms with E-state index in [1.165, 1.54) is 11.8 Å². The maximum atomic E-state index is 13.2. The summed E-state index contributed by atoms with van der Waals surface area (Å²) < 4.78 is 7.27. The van der Waals surface area contributed by atoms with Crippen LogP contribution < -0.4 is 0 Å². The van der Waals surface area contributed by atoms with E-state index in [2.05, 4.69) is 10.2 Å². The number of nitrogens with zero attached hydrogens (tertiary/aromatic N) is 4. The molecule has 0 radical (unpaired) electrons. The second kappa shape index (κ2) is 9.66. The second-order valence-electron chi connectivity index (χ2n) is 7.27. The fourth-order valence-corrected chi connectivity index (χ4v) is 4.16. The molecule has 0 atom stereocenters. The normalized spacial score (nSPS) is 10.9. The zero-order chi connectivity index (χ0) is 21.6. The topological polar surface area (TPSA) is 64.2 Å². The molecule has 0 fully saturated rings. The van der Waals surface area contributed by atoms with Gasteiger partial charge in [-0.25, -0.2) is 0 Å². The number of furan rings is 1. The molecule has 1 amide bonds. The average Bonchev–Trinajstić information content (AvgIpc) is 3.37. The maximum Gasteiger partial charge on any atom is 0.233 e. The third-order valence-corrected chi connectivity index (χ3v) is 6.05. The molecule has 2 aromatic heterocycles. The molecule has 4 rings (SSSR count). The highest BCUT2D eigenvalue weighted by molar-refractivity contribution is 7.99. The number of carbonyl (C=O) groups excluding carboxylic acids is 1. The summed E-state index contributed by atoms with van der Waals surface area (Å²) in [4.78, 5) is 15.0. The van der Waals surface area contributed by atoms with Gasteiger partial charge < -0.3 is 13.9 Å². The largest absolute Gasteiger partial charge is 0.469 e. The van der Waals surface area contributed by atoms with E-state index in [-0.39, 0.29) is 11.7 Å². The summed E-state index contributed by atoms with van der Waals surface area (Å²) in [6, 6.07) is 22.0. The van der Waals surface area contributed by atoms with Gasteiger partial charge in [-0.15, -0.1) is 10.2 Å². The van der Waals surface area contributed by atoms with Crippen LogP contribution in [-0.2, 0) is 24.9 Å². The first kappa shape index (κ1) is 20.9. The standard InChI is InChI=1S/C24H24N4O2S/c1-18-21(13-14-30-18)23-25-26-24(27(23)2)31-17-22(29)28(15-19-9-5-3-6-10-19)16-20-11-7-4-8-12-20/h3-14H,15-17H2,1-2H3. The van der Waals surface area contributed by atoms with Crippen LogP contribution in [0.1, 0.15) is 16.9 Å². The molecule has 31 heavy (non-hydrogen) atoms. The van der Waals surface area contributed by atoms with Crippen LogP contribution in [-0.4, -0.2) is 31.3 Å². The minimum atomic E-state index is 0.0572. The smallest absolute Gasteiger partial charge is 0.233 e. The lowest BCUT2D eigenvalue weighted by Gasteiger charge is -2.23. The summed E-state index contributed by atoms with van der Waals surface area (Å²) in [5, 5.41) is 9.26. The van der Waals surface area contributed by atoms with E-state index in [9.17, 15) is 4.79 Å². The Balaban J connectivity index is 1.47. The van der Waals surface area contributed by atoms with Crippen LogP contribution in [0.5, 0.6) is 0 Å². The summed E-state index contributed by atoms with van der Waals surface area (Å²) in [5.41, 5.74) is 3.12. The van der Waals surface area contributed by atoms with Gasteiger partial charge in [0.25, 0.3) is 0 Å². The van der Waals surface area contributed by atoms with E-state index >= 15 is 0 Å². The van der Waals surface area contributed by atoms with Crippen LogP contribution in [0.4, 0.5) is 0 Å². The first-order chi connectivity index (χ1) is 15.1. The van der Waals surface area contributed by atoms with Crippen molar-refractivity contribution in [1.29, 1.82) is 0 Å². The van der Waals surface area contributed by atoms with Gasteiger partial charge in [-0.05, 0) is 24.1 Å². The molecule has 0 spiro atoms. The number of amides is 1. The number of thioether (sulfide) groups is 1. The van der Waals surface area contributed by atoms with E-state index in [1.54, 1.807) is 6.26 Å². The molecule has 158 valence electrons. The van der Waals surface area contributed by atoms with Gasteiger partial charge in [-0.3, -0.25) is 4.79 Å². The quantitative estimate of drug-likeness (QED) is 0.378. The molecule has 7 heteroatoms. The number of hydrogen-bond acceptors (Lipinski definition) is 5. The van der Waals surface area contributed by atoms with Crippen molar-refractivity contribution >= 4 is 17.7 Å². The van der Waals surface area contributed by atoms with Gasteiger partial charge in [0.15, 0.2) is 11.0 Å². The van der Waals surface area contributed by atoms with Crippen molar-refractivity contribution in [2.75, 3.05) is 5.75 Å². The van der Waals surface area contributed by atoms with E-state index in [4.69, 9.17) is 4.42 Å². The number of hydrogen-bond donors (Lipinski definition) is 0. The van der Waals surface area contributed by atoms with Gasteiger partial charge in [0, 0.05) is 20.1 Å². The fourth-order valence-electron chi connectivity index (χ4n) is 3.35. The van der Waals surface area contributed by atoms with Crippen molar-refractivity contribution in [3.63, 3.8) is 0 Å². The molecule has 2 aromatic carbocycles. The van der Waals surface area contributed by atoms with Crippen LogP contribution in [0.15, 0.2) is 82.6 Å². The van der Waals surface area contributed by atoms with Crippen LogP contribution in [0.3, 0.4) is 0 Å². The highest BCUT2D eigenvalue weighted by Gasteiger charge is 2.19. The zero-order valence-corrected chi connectivity index (χ0v) is 18.4. The zero-order valence-electron chi connectivity index (χ0n) is 17.6. The molecule has 0 aliphatic carbocycles. The minimum absolute atomic E-state index is 0.0572. The predicted molar refractivity (Wildman–Crippen MR) is 121 cm³/mol. The summed E-state index contributed by atoms with van der Waals surface area (Å²) in [6.07, 6.45) is 1.64. The maximum absolute atomic E-state index is 13.2. The van der Waals surface area contributed by atoms with Crippen molar-refractivity contribution < 1.29 is 9.21 Å². The number of aromatic nitrogens is 3.